The van der Waals surface area contributed by atoms with E-state index in [2.05, 4.69) is 5.32 Å². The molecule has 0 atom stereocenters. The molecule has 1 N–H and O–H groups in total. The molecule has 0 radical (unpaired) electrons. The SMILES string of the molecule is CCOCCCN1C(=O)C(Nc2ccc(OC)cc2)=C(c2ccc(OCC)cc2)C1=O. The lowest BCUT2D eigenvalue weighted by molar-refractivity contribution is -0.137. The first kappa shape index (κ1) is 22.4. The fraction of sp³-hybridized carbons (Fsp3) is 0.333. The second-order valence-electron chi connectivity index (χ2n) is 6.87. The van der Waals surface area contributed by atoms with E-state index >= 15 is 0 Å². The molecule has 0 aromatic heterocycles. The Balaban J connectivity index is 1.91. The van der Waals surface area contributed by atoms with E-state index in [1.165, 1.54) is 4.90 Å². The molecular formula is C24H28N2O5. The fourth-order valence-electron chi connectivity index (χ4n) is 3.34. The molecule has 2 amide bonds. The van der Waals surface area contributed by atoms with Crippen LogP contribution >= 0.6 is 0 Å². The summed E-state index contributed by atoms with van der Waals surface area (Å²) >= 11 is 0. The van der Waals surface area contributed by atoms with Gasteiger partial charge in [0.2, 0.25) is 0 Å². The second-order valence-corrected chi connectivity index (χ2v) is 6.87. The minimum Gasteiger partial charge on any atom is -0.497 e. The van der Waals surface area contributed by atoms with Crippen molar-refractivity contribution in [2.45, 2.75) is 20.3 Å². The highest BCUT2D eigenvalue weighted by atomic mass is 16.5. The van der Waals surface area contributed by atoms with Crippen LogP contribution in [-0.2, 0) is 14.3 Å². The van der Waals surface area contributed by atoms with Crippen molar-refractivity contribution < 1.29 is 23.8 Å². The van der Waals surface area contributed by atoms with Crippen LogP contribution in [0.15, 0.2) is 54.2 Å². The van der Waals surface area contributed by atoms with Crippen LogP contribution in [-0.4, -0.2) is 50.2 Å². The van der Waals surface area contributed by atoms with Gasteiger partial charge in [0, 0.05) is 25.4 Å². The molecule has 0 spiro atoms. The number of hydrogen-bond donors (Lipinski definition) is 1. The zero-order chi connectivity index (χ0) is 22.2. The molecule has 164 valence electrons. The van der Waals surface area contributed by atoms with Gasteiger partial charge < -0.3 is 19.5 Å². The number of carbonyl (C=O) groups is 2. The lowest BCUT2D eigenvalue weighted by atomic mass is 10.0. The first-order chi connectivity index (χ1) is 15.1. The zero-order valence-electron chi connectivity index (χ0n) is 18.1. The normalized spacial score (nSPS) is 13.7. The van der Waals surface area contributed by atoms with E-state index in [-0.39, 0.29) is 17.5 Å². The monoisotopic (exact) mass is 424 g/mol. The average molecular weight is 424 g/mol. The minimum absolute atomic E-state index is 0.260. The average Bonchev–Trinajstić information content (AvgIpc) is 3.02. The third-order valence-corrected chi connectivity index (χ3v) is 4.86. The van der Waals surface area contributed by atoms with Gasteiger partial charge in [0.15, 0.2) is 0 Å². The molecule has 0 saturated carbocycles. The summed E-state index contributed by atoms with van der Waals surface area (Å²) in [5, 5.41) is 3.14. The standard InChI is InChI=1S/C24H28N2O5/c1-4-30-16-6-15-26-23(27)21(17-7-11-20(12-8-17)31-5-2)22(24(26)28)25-18-9-13-19(29-3)14-10-18/h7-14,25H,4-6,15-16H2,1-3H3. The molecule has 2 aromatic carbocycles. The molecule has 0 bridgehead atoms. The highest BCUT2D eigenvalue weighted by Crippen LogP contribution is 2.32. The fourth-order valence-corrected chi connectivity index (χ4v) is 3.34. The largest absolute Gasteiger partial charge is 0.497 e. The first-order valence-corrected chi connectivity index (χ1v) is 10.4. The molecule has 7 heteroatoms. The summed E-state index contributed by atoms with van der Waals surface area (Å²) < 4.78 is 16.0. The molecule has 0 saturated heterocycles. The maximum absolute atomic E-state index is 13.2. The Hall–Kier alpha value is -3.32. The molecule has 1 heterocycles. The Morgan fingerprint density at radius 2 is 1.55 bits per heavy atom. The van der Waals surface area contributed by atoms with Gasteiger partial charge in [-0.05, 0) is 62.2 Å². The number of carbonyl (C=O) groups excluding carboxylic acids is 2. The molecule has 1 aliphatic rings. The van der Waals surface area contributed by atoms with Gasteiger partial charge in [-0.1, -0.05) is 12.1 Å². The van der Waals surface area contributed by atoms with Crippen molar-refractivity contribution in [2.75, 3.05) is 38.8 Å². The van der Waals surface area contributed by atoms with Gasteiger partial charge in [-0.15, -0.1) is 0 Å². The summed E-state index contributed by atoms with van der Waals surface area (Å²) in [6, 6.07) is 14.4. The zero-order valence-corrected chi connectivity index (χ0v) is 18.1. The summed E-state index contributed by atoms with van der Waals surface area (Å²) in [7, 11) is 1.59. The van der Waals surface area contributed by atoms with Crippen molar-refractivity contribution in [3.05, 3.63) is 59.8 Å². The van der Waals surface area contributed by atoms with Crippen molar-refractivity contribution in [1.82, 2.24) is 4.90 Å². The van der Waals surface area contributed by atoms with Crippen LogP contribution in [0.1, 0.15) is 25.8 Å². The van der Waals surface area contributed by atoms with E-state index in [9.17, 15) is 9.59 Å². The van der Waals surface area contributed by atoms with Crippen molar-refractivity contribution in [1.29, 1.82) is 0 Å². The highest BCUT2D eigenvalue weighted by Gasteiger charge is 2.38. The van der Waals surface area contributed by atoms with Gasteiger partial charge in [-0.2, -0.15) is 0 Å². The summed E-state index contributed by atoms with van der Waals surface area (Å²) in [6.07, 6.45) is 0.581. The Bertz CT molecular complexity index is 935. The molecule has 0 aliphatic carbocycles. The van der Waals surface area contributed by atoms with Gasteiger partial charge in [0.05, 0.1) is 19.3 Å². The van der Waals surface area contributed by atoms with Gasteiger partial charge in [0.1, 0.15) is 17.2 Å². The van der Waals surface area contributed by atoms with Gasteiger partial charge in [0.25, 0.3) is 11.8 Å². The third-order valence-electron chi connectivity index (χ3n) is 4.86. The van der Waals surface area contributed by atoms with E-state index in [1.807, 2.05) is 13.8 Å². The van der Waals surface area contributed by atoms with Gasteiger partial charge in [-0.25, -0.2) is 0 Å². The lowest BCUT2D eigenvalue weighted by Crippen LogP contribution is -2.34. The first-order valence-electron chi connectivity index (χ1n) is 10.4. The predicted octanol–water partition coefficient (Wildman–Crippen LogP) is 3.71. The van der Waals surface area contributed by atoms with Crippen molar-refractivity contribution in [2.24, 2.45) is 0 Å². The second kappa shape index (κ2) is 10.6. The smallest absolute Gasteiger partial charge is 0.278 e. The van der Waals surface area contributed by atoms with E-state index in [4.69, 9.17) is 14.2 Å². The van der Waals surface area contributed by atoms with E-state index in [1.54, 1.807) is 55.6 Å². The molecule has 2 aromatic rings. The highest BCUT2D eigenvalue weighted by molar-refractivity contribution is 6.36. The number of imide groups is 1. The molecule has 3 rings (SSSR count). The number of nitrogens with one attached hydrogen (secondary N) is 1. The van der Waals surface area contributed by atoms with Crippen molar-refractivity contribution in [3.8, 4) is 11.5 Å². The lowest BCUT2D eigenvalue weighted by Gasteiger charge is -2.15. The van der Waals surface area contributed by atoms with Crippen LogP contribution in [0.3, 0.4) is 0 Å². The van der Waals surface area contributed by atoms with Crippen LogP contribution < -0.4 is 14.8 Å². The van der Waals surface area contributed by atoms with E-state index in [0.29, 0.717) is 61.1 Å². The molecule has 0 unspecified atom stereocenters. The number of anilines is 1. The topological polar surface area (TPSA) is 77.1 Å². The summed E-state index contributed by atoms with van der Waals surface area (Å²) in [6.45, 7) is 5.76. The molecule has 0 fully saturated rings. The van der Waals surface area contributed by atoms with Crippen LogP contribution in [0.4, 0.5) is 5.69 Å². The van der Waals surface area contributed by atoms with Gasteiger partial charge in [-0.3, -0.25) is 14.5 Å². The summed E-state index contributed by atoms with van der Waals surface area (Å²) in [4.78, 5) is 27.6. The van der Waals surface area contributed by atoms with Crippen LogP contribution in [0.25, 0.3) is 5.57 Å². The summed E-state index contributed by atoms with van der Waals surface area (Å²) in [5.74, 6) is 0.752. The number of rotatable bonds is 11. The quantitative estimate of drug-likeness (QED) is 0.438. The van der Waals surface area contributed by atoms with Crippen molar-refractivity contribution >= 4 is 23.1 Å². The Kier molecular flexibility index (Phi) is 7.67. The number of benzene rings is 2. The number of ether oxygens (including phenoxy) is 3. The Morgan fingerprint density at radius 1 is 0.871 bits per heavy atom. The molecule has 7 nitrogen and oxygen atoms in total. The number of hydrogen-bond acceptors (Lipinski definition) is 6. The molecule has 1 aliphatic heterocycles. The van der Waals surface area contributed by atoms with Crippen LogP contribution in [0.5, 0.6) is 11.5 Å². The number of nitrogens with zero attached hydrogens (tertiary/aromatic N) is 1. The maximum Gasteiger partial charge on any atom is 0.278 e. The van der Waals surface area contributed by atoms with E-state index < -0.39 is 0 Å². The van der Waals surface area contributed by atoms with Crippen molar-refractivity contribution in [3.63, 3.8) is 0 Å². The van der Waals surface area contributed by atoms with Crippen LogP contribution in [0.2, 0.25) is 0 Å². The van der Waals surface area contributed by atoms with E-state index in [0.717, 1.165) is 0 Å². The molecule has 31 heavy (non-hydrogen) atoms. The van der Waals surface area contributed by atoms with Crippen LogP contribution in [0, 0.1) is 0 Å². The number of methoxy groups -OCH3 is 1. The Labute approximate surface area is 182 Å². The molecular weight excluding hydrogens is 396 g/mol. The predicted molar refractivity (Wildman–Crippen MR) is 119 cm³/mol. The Morgan fingerprint density at radius 3 is 2.16 bits per heavy atom. The summed E-state index contributed by atoms with van der Waals surface area (Å²) in [5.41, 5.74) is 1.96. The minimum atomic E-state index is -0.346. The number of amides is 2. The third kappa shape index (κ3) is 5.24. The van der Waals surface area contributed by atoms with Gasteiger partial charge >= 0.3 is 0 Å². The maximum atomic E-state index is 13.2.